The third kappa shape index (κ3) is 3.90. The Morgan fingerprint density at radius 3 is 2.89 bits per heavy atom. The lowest BCUT2D eigenvalue weighted by molar-refractivity contribution is -0.127. The smallest absolute Gasteiger partial charge is 0.261 e. The number of ether oxygens (including phenoxy) is 3. The van der Waals surface area contributed by atoms with Gasteiger partial charge in [-0.3, -0.25) is 14.5 Å². The molecule has 0 saturated heterocycles. The van der Waals surface area contributed by atoms with E-state index in [4.69, 9.17) is 14.2 Å². The first-order valence-electron chi connectivity index (χ1n) is 8.85. The minimum Gasteiger partial charge on any atom is -0.481 e. The summed E-state index contributed by atoms with van der Waals surface area (Å²) in [7, 11) is 1.86. The van der Waals surface area contributed by atoms with Gasteiger partial charge < -0.3 is 19.5 Å². The second-order valence-electron chi connectivity index (χ2n) is 6.48. The Labute approximate surface area is 162 Å². The van der Waals surface area contributed by atoms with Crippen LogP contribution in [0.5, 0.6) is 17.2 Å². The maximum absolute atomic E-state index is 12.4. The lowest BCUT2D eigenvalue weighted by atomic mass is 10.1. The van der Waals surface area contributed by atoms with Crippen LogP contribution in [0.25, 0.3) is 11.1 Å². The van der Waals surface area contributed by atoms with Crippen LogP contribution in [0.2, 0.25) is 0 Å². The molecule has 0 fully saturated rings. The van der Waals surface area contributed by atoms with Crippen LogP contribution in [0.3, 0.4) is 0 Å². The molecule has 0 spiro atoms. The van der Waals surface area contributed by atoms with E-state index >= 15 is 0 Å². The number of nitrogens with zero attached hydrogens (tertiary/aromatic N) is 3. The number of carbonyl (C=O) groups excluding carboxylic acids is 1. The molecule has 1 atom stereocenters. The highest BCUT2D eigenvalue weighted by Crippen LogP contribution is 2.35. The van der Waals surface area contributed by atoms with Gasteiger partial charge in [0.1, 0.15) is 5.75 Å². The molecule has 1 amide bonds. The Morgan fingerprint density at radius 2 is 2.07 bits per heavy atom. The van der Waals surface area contributed by atoms with Gasteiger partial charge in [0.2, 0.25) is 6.79 Å². The zero-order valence-corrected chi connectivity index (χ0v) is 15.6. The summed E-state index contributed by atoms with van der Waals surface area (Å²) in [5, 5.41) is 7.04. The number of pyridine rings is 1. The number of carbonyl (C=O) groups is 1. The molecule has 8 heteroatoms. The van der Waals surface area contributed by atoms with Crippen LogP contribution in [-0.2, 0) is 18.4 Å². The van der Waals surface area contributed by atoms with E-state index in [9.17, 15) is 4.79 Å². The minimum atomic E-state index is -0.658. The predicted molar refractivity (Wildman–Crippen MR) is 101 cm³/mol. The lowest BCUT2D eigenvalue weighted by Crippen LogP contribution is -2.35. The Morgan fingerprint density at radius 1 is 1.21 bits per heavy atom. The summed E-state index contributed by atoms with van der Waals surface area (Å²) < 4.78 is 18.0. The van der Waals surface area contributed by atoms with Crippen molar-refractivity contribution in [2.45, 2.75) is 19.6 Å². The van der Waals surface area contributed by atoms with Crippen molar-refractivity contribution in [3.05, 3.63) is 54.6 Å². The second-order valence-corrected chi connectivity index (χ2v) is 6.48. The first kappa shape index (κ1) is 17.8. The summed E-state index contributed by atoms with van der Waals surface area (Å²) in [6.07, 6.45) is 6.54. The van der Waals surface area contributed by atoms with Crippen molar-refractivity contribution in [3.8, 4) is 28.4 Å². The van der Waals surface area contributed by atoms with E-state index < -0.39 is 6.10 Å². The van der Waals surface area contributed by atoms with Gasteiger partial charge in [0.25, 0.3) is 5.91 Å². The van der Waals surface area contributed by atoms with Gasteiger partial charge in [0.15, 0.2) is 17.6 Å². The molecule has 0 saturated carbocycles. The number of amides is 1. The van der Waals surface area contributed by atoms with E-state index in [2.05, 4.69) is 15.4 Å². The fourth-order valence-corrected chi connectivity index (χ4v) is 2.85. The molecule has 0 radical (unpaired) electrons. The highest BCUT2D eigenvalue weighted by Gasteiger charge is 2.18. The molecule has 4 rings (SSSR count). The maximum Gasteiger partial charge on any atom is 0.261 e. The molecule has 3 aromatic rings. The van der Waals surface area contributed by atoms with Crippen LogP contribution in [-0.4, -0.2) is 33.6 Å². The van der Waals surface area contributed by atoms with Gasteiger partial charge in [-0.05, 0) is 30.7 Å². The second kappa shape index (κ2) is 7.59. The van der Waals surface area contributed by atoms with Crippen molar-refractivity contribution in [2.75, 3.05) is 6.79 Å². The number of benzene rings is 1. The average molecular weight is 380 g/mol. The van der Waals surface area contributed by atoms with Crippen molar-refractivity contribution in [3.63, 3.8) is 0 Å². The summed E-state index contributed by atoms with van der Waals surface area (Å²) >= 11 is 0. The zero-order chi connectivity index (χ0) is 19.5. The topological polar surface area (TPSA) is 87.5 Å². The molecule has 1 aliphatic rings. The molecule has 3 heterocycles. The summed E-state index contributed by atoms with van der Waals surface area (Å²) in [6.45, 7) is 2.25. The first-order chi connectivity index (χ1) is 13.6. The fourth-order valence-electron chi connectivity index (χ4n) is 2.85. The van der Waals surface area contributed by atoms with Crippen LogP contribution in [0.1, 0.15) is 12.5 Å². The lowest BCUT2D eigenvalue weighted by Gasteiger charge is -2.15. The molecule has 1 unspecified atom stereocenters. The van der Waals surface area contributed by atoms with Crippen molar-refractivity contribution >= 4 is 5.91 Å². The predicted octanol–water partition coefficient (Wildman–Crippen LogP) is 2.29. The van der Waals surface area contributed by atoms with Crippen LogP contribution in [0, 0.1) is 0 Å². The summed E-state index contributed by atoms with van der Waals surface area (Å²) in [5.41, 5.74) is 2.82. The van der Waals surface area contributed by atoms with Crippen LogP contribution in [0.4, 0.5) is 0 Å². The van der Waals surface area contributed by atoms with Crippen LogP contribution < -0.4 is 19.5 Å². The molecule has 2 aromatic heterocycles. The Balaban J connectivity index is 1.35. The number of aromatic nitrogens is 3. The highest BCUT2D eigenvalue weighted by atomic mass is 16.7. The summed E-state index contributed by atoms with van der Waals surface area (Å²) in [6, 6.07) is 7.21. The first-order valence-corrected chi connectivity index (χ1v) is 8.85. The van der Waals surface area contributed by atoms with Crippen molar-refractivity contribution in [2.24, 2.45) is 7.05 Å². The number of hydrogen-bond donors (Lipinski definition) is 1. The molecule has 1 N–H and O–H groups in total. The van der Waals surface area contributed by atoms with Crippen molar-refractivity contribution < 1.29 is 19.0 Å². The standard InChI is InChI=1S/C20H20N4O4/c1-13(28-17-3-4-18-19(6-17)27-12-26-18)20(25)22-8-14-5-15(9-21-7-14)16-10-23-24(2)11-16/h3-7,9-11,13H,8,12H2,1-2H3,(H,22,25). The minimum absolute atomic E-state index is 0.195. The molecule has 0 aliphatic carbocycles. The third-order valence-electron chi connectivity index (χ3n) is 4.33. The third-order valence-corrected chi connectivity index (χ3v) is 4.33. The van der Waals surface area contributed by atoms with E-state index in [0.717, 1.165) is 16.7 Å². The van der Waals surface area contributed by atoms with E-state index in [1.807, 2.05) is 19.3 Å². The van der Waals surface area contributed by atoms with E-state index in [0.29, 0.717) is 23.8 Å². The number of aryl methyl sites for hydroxylation is 1. The summed E-state index contributed by atoms with van der Waals surface area (Å²) in [4.78, 5) is 16.6. The van der Waals surface area contributed by atoms with Gasteiger partial charge in [-0.1, -0.05) is 0 Å². The number of hydrogen-bond acceptors (Lipinski definition) is 6. The highest BCUT2D eigenvalue weighted by molar-refractivity contribution is 5.80. The normalized spacial score (nSPS) is 13.2. The monoisotopic (exact) mass is 380 g/mol. The quantitative estimate of drug-likeness (QED) is 0.706. The largest absolute Gasteiger partial charge is 0.481 e. The molecular weight excluding hydrogens is 360 g/mol. The SMILES string of the molecule is CC(Oc1ccc2c(c1)OCO2)C(=O)NCc1cncc(-c2cnn(C)c2)c1. The van der Waals surface area contributed by atoms with Crippen LogP contribution in [0.15, 0.2) is 49.1 Å². The molecule has 1 aliphatic heterocycles. The van der Waals surface area contributed by atoms with Crippen LogP contribution >= 0.6 is 0 Å². The molecule has 0 bridgehead atoms. The van der Waals surface area contributed by atoms with E-state index in [1.54, 1.807) is 48.4 Å². The molecule has 144 valence electrons. The van der Waals surface area contributed by atoms with Gasteiger partial charge >= 0.3 is 0 Å². The van der Waals surface area contributed by atoms with Gasteiger partial charge in [-0.15, -0.1) is 0 Å². The average Bonchev–Trinajstić information content (AvgIpc) is 3.34. The Kier molecular flexibility index (Phi) is 4.84. The van der Waals surface area contributed by atoms with E-state index in [1.165, 1.54) is 0 Å². The van der Waals surface area contributed by atoms with Gasteiger partial charge in [-0.2, -0.15) is 5.10 Å². The molecule has 8 nitrogen and oxygen atoms in total. The molecular formula is C20H20N4O4. The van der Waals surface area contributed by atoms with Gasteiger partial charge in [-0.25, -0.2) is 0 Å². The molecule has 1 aromatic carbocycles. The Hall–Kier alpha value is -3.55. The number of nitrogens with one attached hydrogen (secondary N) is 1. The summed E-state index contributed by atoms with van der Waals surface area (Å²) in [5.74, 6) is 1.62. The van der Waals surface area contributed by atoms with Gasteiger partial charge in [0, 0.05) is 49.4 Å². The van der Waals surface area contributed by atoms with Crippen molar-refractivity contribution in [1.82, 2.24) is 20.1 Å². The number of rotatable bonds is 6. The van der Waals surface area contributed by atoms with E-state index in [-0.39, 0.29) is 12.7 Å². The number of fused-ring (bicyclic) bond motifs is 1. The van der Waals surface area contributed by atoms with Crippen molar-refractivity contribution in [1.29, 1.82) is 0 Å². The zero-order valence-electron chi connectivity index (χ0n) is 15.6. The van der Waals surface area contributed by atoms with Gasteiger partial charge in [0.05, 0.1) is 6.20 Å². The Bertz CT molecular complexity index is 1000. The fraction of sp³-hybridized carbons (Fsp3) is 0.250. The maximum atomic E-state index is 12.4. The molecule has 28 heavy (non-hydrogen) atoms.